The molecule has 24 aromatic rings. The second kappa shape index (κ2) is 24.4. The molecular weight excluding hydrogens is 1340 g/mol. The summed E-state index contributed by atoms with van der Waals surface area (Å²) < 4.78 is 22.8. The standard InChI is InChI=1S/2C52H32N2O/c1-2-11-33(12-3-1)36-15-10-16-39(29-36)53-46-19-8-6-17-41(46)44-31-37(22-26-47(44)53)38-23-27-48-45(32-38)51-49(28-25-43-42-18-7-9-20-50(42)55-52(43)51)54(48)40-24-21-34-13-4-5-14-35(34)30-40;1-2-11-33(12-3-1)36-15-10-16-39(29-36)53-45-19-8-6-17-41(45)43-31-37(22-25-46(43)53)38-23-26-47-44(32-38)51-48(27-28-50-52(51)42-18-7-9-20-49(42)55-50)54(47)40-24-21-34-13-4-5-14-35(34)30-40/h2*1-32H. The lowest BCUT2D eigenvalue weighted by Crippen LogP contribution is -1.94. The molecule has 0 saturated carbocycles. The van der Waals surface area contributed by atoms with Crippen LogP contribution >= 0.6 is 0 Å². The van der Waals surface area contributed by atoms with Crippen LogP contribution in [0.4, 0.5) is 0 Å². The second-order valence-corrected chi connectivity index (χ2v) is 29.1. The summed E-state index contributed by atoms with van der Waals surface area (Å²) in [5.74, 6) is 0. The van der Waals surface area contributed by atoms with Gasteiger partial charge in [-0.15, -0.1) is 0 Å². The van der Waals surface area contributed by atoms with Crippen molar-refractivity contribution in [2.45, 2.75) is 0 Å². The maximum atomic E-state index is 6.71. The van der Waals surface area contributed by atoms with Crippen molar-refractivity contribution in [3.8, 4) is 67.3 Å². The van der Waals surface area contributed by atoms with Crippen molar-refractivity contribution in [3.05, 3.63) is 388 Å². The van der Waals surface area contributed by atoms with E-state index in [0.29, 0.717) is 0 Å². The number of furan rings is 2. The third-order valence-corrected chi connectivity index (χ3v) is 23.0. The van der Waals surface area contributed by atoms with Gasteiger partial charge in [-0.05, 0) is 212 Å². The molecule has 6 heteroatoms. The first kappa shape index (κ1) is 61.6. The molecule has 110 heavy (non-hydrogen) atoms. The molecule has 6 heterocycles. The van der Waals surface area contributed by atoms with E-state index in [1.165, 1.54) is 131 Å². The molecule has 0 radical (unpaired) electrons. The fraction of sp³-hybridized carbons (Fsp3) is 0. The fourth-order valence-corrected chi connectivity index (χ4v) is 17.9. The maximum absolute atomic E-state index is 6.71. The summed E-state index contributed by atoms with van der Waals surface area (Å²) >= 11 is 0. The molecule has 0 aliphatic heterocycles. The molecule has 0 atom stereocenters. The minimum Gasteiger partial charge on any atom is -0.456 e. The molecule has 24 rings (SSSR count). The molecule has 18 aromatic carbocycles. The molecule has 0 N–H and O–H groups in total. The number of hydrogen-bond acceptors (Lipinski definition) is 2. The summed E-state index contributed by atoms with van der Waals surface area (Å²) in [5, 5.41) is 19.1. The van der Waals surface area contributed by atoms with Gasteiger partial charge in [0.05, 0.1) is 49.5 Å². The first-order valence-corrected chi connectivity index (χ1v) is 37.7. The highest BCUT2D eigenvalue weighted by atomic mass is 16.3. The van der Waals surface area contributed by atoms with E-state index in [2.05, 4.69) is 394 Å². The predicted octanol–water partition coefficient (Wildman–Crippen LogP) is 28.5. The van der Waals surface area contributed by atoms with Gasteiger partial charge in [-0.1, -0.05) is 243 Å². The zero-order chi connectivity index (χ0) is 72.1. The van der Waals surface area contributed by atoms with E-state index in [9.17, 15) is 0 Å². The topological polar surface area (TPSA) is 46.0 Å². The van der Waals surface area contributed by atoms with Gasteiger partial charge in [0.15, 0.2) is 0 Å². The Morgan fingerprint density at radius 3 is 1.05 bits per heavy atom. The zero-order valence-electron chi connectivity index (χ0n) is 59.6. The Labute approximate surface area is 631 Å². The van der Waals surface area contributed by atoms with Crippen molar-refractivity contribution in [3.63, 3.8) is 0 Å². The lowest BCUT2D eigenvalue weighted by Gasteiger charge is -2.11. The molecule has 0 amide bonds. The van der Waals surface area contributed by atoms with E-state index >= 15 is 0 Å². The van der Waals surface area contributed by atoms with Crippen LogP contribution in [-0.4, -0.2) is 18.3 Å². The molecule has 0 saturated heterocycles. The number of hydrogen-bond donors (Lipinski definition) is 0. The van der Waals surface area contributed by atoms with Crippen molar-refractivity contribution >= 4 is 153 Å². The van der Waals surface area contributed by atoms with Crippen molar-refractivity contribution in [2.24, 2.45) is 0 Å². The smallest absolute Gasteiger partial charge is 0.145 e. The van der Waals surface area contributed by atoms with Crippen molar-refractivity contribution < 1.29 is 8.83 Å². The number of aromatic nitrogens is 4. The molecule has 6 aromatic heterocycles. The van der Waals surface area contributed by atoms with Gasteiger partial charge in [-0.3, -0.25) is 0 Å². The molecule has 0 bridgehead atoms. The largest absolute Gasteiger partial charge is 0.456 e. The van der Waals surface area contributed by atoms with Gasteiger partial charge in [0.1, 0.15) is 22.3 Å². The number of benzene rings is 18. The first-order chi connectivity index (χ1) is 54.5. The van der Waals surface area contributed by atoms with Gasteiger partial charge >= 0.3 is 0 Å². The number of rotatable bonds is 8. The van der Waals surface area contributed by atoms with E-state index in [0.717, 1.165) is 88.6 Å². The average Bonchev–Trinajstić information content (AvgIpc) is 1.56. The third kappa shape index (κ3) is 9.62. The van der Waals surface area contributed by atoms with Crippen LogP contribution in [0.5, 0.6) is 0 Å². The Bertz CT molecular complexity index is 7910. The quantitative estimate of drug-likeness (QED) is 0.152. The van der Waals surface area contributed by atoms with Crippen LogP contribution in [0.2, 0.25) is 0 Å². The highest BCUT2D eigenvalue weighted by Gasteiger charge is 2.24. The lowest BCUT2D eigenvalue weighted by atomic mass is 9.99. The van der Waals surface area contributed by atoms with Gasteiger partial charge in [-0.2, -0.15) is 0 Å². The Morgan fingerprint density at radius 2 is 0.518 bits per heavy atom. The van der Waals surface area contributed by atoms with E-state index < -0.39 is 0 Å². The first-order valence-electron chi connectivity index (χ1n) is 37.7. The van der Waals surface area contributed by atoms with Gasteiger partial charge in [0.25, 0.3) is 0 Å². The van der Waals surface area contributed by atoms with E-state index in [4.69, 9.17) is 8.83 Å². The van der Waals surface area contributed by atoms with Gasteiger partial charge in [0.2, 0.25) is 0 Å². The fourth-order valence-electron chi connectivity index (χ4n) is 17.9. The minimum absolute atomic E-state index is 0.905. The summed E-state index contributed by atoms with van der Waals surface area (Å²) in [5.41, 5.74) is 27.2. The van der Waals surface area contributed by atoms with Crippen molar-refractivity contribution in [2.75, 3.05) is 0 Å². The summed E-state index contributed by atoms with van der Waals surface area (Å²) in [7, 11) is 0. The molecule has 6 nitrogen and oxygen atoms in total. The van der Waals surface area contributed by atoms with Gasteiger partial charge in [-0.25, -0.2) is 0 Å². The van der Waals surface area contributed by atoms with Crippen LogP contribution in [0.25, 0.3) is 220 Å². The number of para-hydroxylation sites is 4. The monoisotopic (exact) mass is 1400 g/mol. The Morgan fingerprint density at radius 1 is 0.155 bits per heavy atom. The van der Waals surface area contributed by atoms with E-state index in [1.54, 1.807) is 0 Å². The second-order valence-electron chi connectivity index (χ2n) is 29.1. The molecule has 512 valence electrons. The van der Waals surface area contributed by atoms with Crippen LogP contribution in [0.3, 0.4) is 0 Å². The molecular formula is C104H64N4O2. The predicted molar refractivity (Wildman–Crippen MR) is 462 cm³/mol. The Kier molecular flexibility index (Phi) is 13.7. The Balaban J connectivity index is 0.000000132. The van der Waals surface area contributed by atoms with Crippen molar-refractivity contribution in [1.82, 2.24) is 18.3 Å². The zero-order valence-corrected chi connectivity index (χ0v) is 59.6. The molecule has 0 unspecified atom stereocenters. The summed E-state index contributed by atoms with van der Waals surface area (Å²) in [6.07, 6.45) is 0. The molecule has 0 aliphatic rings. The van der Waals surface area contributed by atoms with Crippen LogP contribution in [0.1, 0.15) is 0 Å². The van der Waals surface area contributed by atoms with Crippen molar-refractivity contribution in [1.29, 1.82) is 0 Å². The summed E-state index contributed by atoms with van der Waals surface area (Å²) in [6.45, 7) is 0. The molecule has 0 fully saturated rings. The van der Waals surface area contributed by atoms with Crippen LogP contribution in [-0.2, 0) is 0 Å². The van der Waals surface area contributed by atoms with Crippen LogP contribution in [0, 0.1) is 0 Å². The Hall–Kier alpha value is -14.7. The third-order valence-electron chi connectivity index (χ3n) is 23.0. The highest BCUT2D eigenvalue weighted by Crippen LogP contribution is 2.47. The lowest BCUT2D eigenvalue weighted by molar-refractivity contribution is 0.669. The van der Waals surface area contributed by atoms with Crippen LogP contribution in [0.15, 0.2) is 397 Å². The van der Waals surface area contributed by atoms with Crippen LogP contribution < -0.4 is 0 Å². The SMILES string of the molecule is c1ccc(-c2cccc(-n3c4ccccc4c4cc(-c5ccc6c(c5)c5c7c(ccc5n6-c5ccc6ccccc6c5)oc5ccccc57)ccc43)c2)cc1.c1ccc(-c2cccc(-n3c4ccccc4c4cc(-c5ccc6c(c5)c5c7oc8ccccc8c7ccc5n6-c5ccc6ccccc6c5)ccc43)c2)cc1. The van der Waals surface area contributed by atoms with Gasteiger partial charge in [0, 0.05) is 82.0 Å². The van der Waals surface area contributed by atoms with E-state index in [1.807, 2.05) is 12.1 Å². The number of nitrogens with zero attached hydrogens (tertiary/aromatic N) is 4. The van der Waals surface area contributed by atoms with E-state index in [-0.39, 0.29) is 0 Å². The highest BCUT2D eigenvalue weighted by molar-refractivity contribution is 6.29. The molecule has 0 aliphatic carbocycles. The summed E-state index contributed by atoms with van der Waals surface area (Å²) in [6, 6.07) is 141. The number of fused-ring (bicyclic) bond motifs is 22. The maximum Gasteiger partial charge on any atom is 0.145 e. The average molecular weight is 1400 g/mol. The normalized spacial score (nSPS) is 12.0. The summed E-state index contributed by atoms with van der Waals surface area (Å²) in [4.78, 5) is 0. The van der Waals surface area contributed by atoms with Gasteiger partial charge < -0.3 is 27.1 Å². The minimum atomic E-state index is 0.905. The molecule has 0 spiro atoms.